The van der Waals surface area contributed by atoms with Crippen molar-refractivity contribution in [1.29, 1.82) is 0 Å². The van der Waals surface area contributed by atoms with Crippen LogP contribution in [0.3, 0.4) is 0 Å². The van der Waals surface area contributed by atoms with Crippen LogP contribution in [0.15, 0.2) is 46.5 Å². The van der Waals surface area contributed by atoms with E-state index in [2.05, 4.69) is 68.3 Å². The maximum absolute atomic E-state index is 3.59. The molecule has 0 radical (unpaired) electrons. The number of hydrogen-bond donors (Lipinski definition) is 0. The van der Waals surface area contributed by atoms with Gasteiger partial charge in [-0.1, -0.05) is 73.9 Å². The van der Waals surface area contributed by atoms with Gasteiger partial charge in [0, 0.05) is 9.31 Å². The van der Waals surface area contributed by atoms with Gasteiger partial charge in [0.15, 0.2) is 0 Å². The van der Waals surface area contributed by atoms with E-state index >= 15 is 0 Å². The summed E-state index contributed by atoms with van der Waals surface area (Å²) < 4.78 is 1.22. The molecule has 0 N–H and O–H groups in total. The van der Waals surface area contributed by atoms with Gasteiger partial charge in [-0.3, -0.25) is 0 Å². The Hall–Kier alpha value is -0.0800. The maximum Gasteiger partial charge on any atom is 0.0363 e. The summed E-state index contributed by atoms with van der Waals surface area (Å²) in [5.74, 6) is 0.675. The molecule has 15 heavy (non-hydrogen) atoms. The van der Waals surface area contributed by atoms with Gasteiger partial charge < -0.3 is 0 Å². The van der Waals surface area contributed by atoms with E-state index in [1.165, 1.54) is 16.5 Å². The molecule has 2 atom stereocenters. The van der Waals surface area contributed by atoms with Gasteiger partial charge >= 0.3 is 0 Å². The molecular formula is C13H14Br2. The maximum atomic E-state index is 3.59. The van der Waals surface area contributed by atoms with Crippen molar-refractivity contribution in [2.24, 2.45) is 5.92 Å². The largest absolute Gasteiger partial charge is 0.0842 e. The number of alkyl halides is 1. The molecule has 0 fully saturated rings. The lowest BCUT2D eigenvalue weighted by atomic mass is 9.91. The van der Waals surface area contributed by atoms with Crippen LogP contribution in [0.25, 0.3) is 0 Å². The van der Waals surface area contributed by atoms with Crippen LogP contribution in [0, 0.1) is 5.92 Å². The highest BCUT2D eigenvalue weighted by Gasteiger charge is 2.11. The average Bonchev–Trinajstić information content (AvgIpc) is 2.25. The molecule has 2 aliphatic rings. The molecule has 0 saturated heterocycles. The van der Waals surface area contributed by atoms with Crippen molar-refractivity contribution in [1.82, 2.24) is 0 Å². The minimum Gasteiger partial charge on any atom is -0.0842 e. The minimum absolute atomic E-state index is 0.539. The SMILES string of the molecule is BrC1=CCC(CC2=CCC(Br)C=C2)C=C1. The fourth-order valence-corrected chi connectivity index (χ4v) is 2.56. The fraction of sp³-hybridized carbons (Fsp3) is 0.385. The van der Waals surface area contributed by atoms with Gasteiger partial charge in [0.1, 0.15) is 0 Å². The summed E-state index contributed by atoms with van der Waals surface area (Å²) in [6.45, 7) is 0. The Bertz CT molecular complexity index is 348. The first kappa shape index (κ1) is 11.4. The van der Waals surface area contributed by atoms with E-state index in [0.29, 0.717) is 10.7 Å². The monoisotopic (exact) mass is 328 g/mol. The van der Waals surface area contributed by atoms with Crippen LogP contribution in [0.4, 0.5) is 0 Å². The Labute approximate surface area is 108 Å². The van der Waals surface area contributed by atoms with Crippen LogP contribution in [0.5, 0.6) is 0 Å². The van der Waals surface area contributed by atoms with Crippen LogP contribution < -0.4 is 0 Å². The van der Waals surface area contributed by atoms with Gasteiger partial charge in [0.05, 0.1) is 0 Å². The summed E-state index contributed by atoms with van der Waals surface area (Å²) in [4.78, 5) is 0.539. The third-order valence-corrected chi connectivity index (χ3v) is 4.03. The van der Waals surface area contributed by atoms with E-state index in [-0.39, 0.29) is 0 Å². The molecule has 2 aliphatic carbocycles. The summed E-state index contributed by atoms with van der Waals surface area (Å²) >= 11 is 7.08. The molecule has 0 aromatic carbocycles. The molecule has 0 nitrogen and oxygen atoms in total. The molecule has 0 bridgehead atoms. The van der Waals surface area contributed by atoms with Gasteiger partial charge in [-0.05, 0) is 25.2 Å². The summed E-state index contributed by atoms with van der Waals surface area (Å²) in [5.41, 5.74) is 1.48. The molecule has 0 aliphatic heterocycles. The van der Waals surface area contributed by atoms with Gasteiger partial charge in [0.25, 0.3) is 0 Å². The number of hydrogen-bond acceptors (Lipinski definition) is 0. The second-order valence-corrected chi connectivity index (χ2v) is 6.13. The molecule has 80 valence electrons. The molecule has 0 amide bonds. The third-order valence-electron chi connectivity index (χ3n) is 2.77. The standard InChI is InChI=1S/C13H14Br2/c14-12-5-1-10(2-6-12)9-11-3-7-13(15)8-4-11/h1-3,5,7-8,11-12H,4,6,9H2. The Kier molecular flexibility index (Phi) is 4.04. The topological polar surface area (TPSA) is 0 Å². The van der Waals surface area contributed by atoms with Gasteiger partial charge in [0.2, 0.25) is 0 Å². The molecule has 0 aromatic heterocycles. The first-order chi connectivity index (χ1) is 7.24. The molecule has 0 aromatic rings. The van der Waals surface area contributed by atoms with Crippen molar-refractivity contribution >= 4 is 31.9 Å². The van der Waals surface area contributed by atoms with Crippen LogP contribution in [-0.4, -0.2) is 4.83 Å². The van der Waals surface area contributed by atoms with Crippen molar-refractivity contribution in [2.45, 2.75) is 24.1 Å². The third kappa shape index (κ3) is 3.46. The van der Waals surface area contributed by atoms with E-state index in [9.17, 15) is 0 Å². The van der Waals surface area contributed by atoms with Gasteiger partial charge in [-0.15, -0.1) is 0 Å². The van der Waals surface area contributed by atoms with E-state index in [1.807, 2.05) is 0 Å². The summed E-state index contributed by atoms with van der Waals surface area (Å²) in [5, 5.41) is 0. The molecule has 0 heterocycles. The van der Waals surface area contributed by atoms with Crippen molar-refractivity contribution < 1.29 is 0 Å². The summed E-state index contributed by atoms with van der Waals surface area (Å²) in [6.07, 6.45) is 17.0. The lowest BCUT2D eigenvalue weighted by Crippen LogP contribution is -2.03. The van der Waals surface area contributed by atoms with Crippen molar-refractivity contribution in [3.05, 3.63) is 46.5 Å². The predicted molar refractivity (Wildman–Crippen MR) is 73.4 cm³/mol. The summed E-state index contributed by atoms with van der Waals surface area (Å²) in [6, 6.07) is 0. The van der Waals surface area contributed by atoms with E-state index in [0.717, 1.165) is 12.8 Å². The highest BCUT2D eigenvalue weighted by molar-refractivity contribution is 9.11. The first-order valence-electron chi connectivity index (χ1n) is 5.29. The smallest absolute Gasteiger partial charge is 0.0363 e. The number of halogens is 2. The molecule has 0 spiro atoms. The lowest BCUT2D eigenvalue weighted by molar-refractivity contribution is 0.651. The molecular weight excluding hydrogens is 316 g/mol. The van der Waals surface area contributed by atoms with E-state index < -0.39 is 0 Å². The average molecular weight is 330 g/mol. The van der Waals surface area contributed by atoms with Gasteiger partial charge in [-0.25, -0.2) is 0 Å². The molecule has 2 rings (SSSR count). The normalized spacial score (nSPS) is 30.0. The second kappa shape index (κ2) is 5.31. The predicted octanol–water partition coefficient (Wildman–Crippen LogP) is 4.88. The van der Waals surface area contributed by atoms with Crippen LogP contribution in [0.2, 0.25) is 0 Å². The highest BCUT2D eigenvalue weighted by Crippen LogP contribution is 2.28. The van der Waals surface area contributed by atoms with E-state index in [4.69, 9.17) is 0 Å². The zero-order valence-electron chi connectivity index (χ0n) is 8.50. The fourth-order valence-electron chi connectivity index (χ4n) is 1.88. The van der Waals surface area contributed by atoms with Crippen molar-refractivity contribution in [3.63, 3.8) is 0 Å². The molecule has 2 unspecified atom stereocenters. The van der Waals surface area contributed by atoms with Crippen LogP contribution >= 0.6 is 31.9 Å². The zero-order valence-corrected chi connectivity index (χ0v) is 11.7. The summed E-state index contributed by atoms with van der Waals surface area (Å²) in [7, 11) is 0. The zero-order chi connectivity index (χ0) is 10.7. The van der Waals surface area contributed by atoms with Crippen molar-refractivity contribution in [3.8, 4) is 0 Å². The lowest BCUT2D eigenvalue weighted by Gasteiger charge is -2.17. The Morgan fingerprint density at radius 2 is 2.00 bits per heavy atom. The van der Waals surface area contributed by atoms with Crippen LogP contribution in [0.1, 0.15) is 19.3 Å². The number of rotatable bonds is 2. The first-order valence-corrected chi connectivity index (χ1v) is 7.00. The molecule has 2 heteroatoms. The quantitative estimate of drug-likeness (QED) is 0.633. The Morgan fingerprint density at radius 3 is 2.60 bits per heavy atom. The van der Waals surface area contributed by atoms with Gasteiger partial charge in [-0.2, -0.15) is 0 Å². The molecule has 0 saturated carbocycles. The highest BCUT2D eigenvalue weighted by atomic mass is 79.9. The van der Waals surface area contributed by atoms with Crippen molar-refractivity contribution in [2.75, 3.05) is 0 Å². The Morgan fingerprint density at radius 1 is 1.13 bits per heavy atom. The minimum atomic E-state index is 0.539. The van der Waals surface area contributed by atoms with Crippen LogP contribution in [-0.2, 0) is 0 Å². The van der Waals surface area contributed by atoms with E-state index in [1.54, 1.807) is 0 Å². The Balaban J connectivity index is 1.89. The number of allylic oxidation sites excluding steroid dienone is 8. The second-order valence-electron chi connectivity index (χ2n) is 4.04.